The molecule has 0 radical (unpaired) electrons. The van der Waals surface area contributed by atoms with Crippen molar-refractivity contribution in [3.05, 3.63) is 72.9 Å². The normalized spacial score (nSPS) is 43.2. The van der Waals surface area contributed by atoms with E-state index in [1.807, 2.05) is 49.5 Å². The van der Waals surface area contributed by atoms with E-state index in [0.29, 0.717) is 0 Å². The summed E-state index contributed by atoms with van der Waals surface area (Å²) in [6.45, 7) is 6.75. The molecular formula is C47H81NO20. The summed E-state index contributed by atoms with van der Waals surface area (Å²) in [5, 5.41) is 119. The van der Waals surface area contributed by atoms with Crippen molar-refractivity contribution in [2.45, 2.75) is 189 Å². The fraction of sp³-hybridized carbons (Fsp3) is 0.702. The summed E-state index contributed by atoms with van der Waals surface area (Å²) in [5.74, 6) is -7.03. The number of esters is 1. The molecule has 21 nitrogen and oxygen atoms in total. The van der Waals surface area contributed by atoms with Gasteiger partial charge in [0.15, 0.2) is 12.1 Å². The van der Waals surface area contributed by atoms with Crippen LogP contribution >= 0.6 is 0 Å². The van der Waals surface area contributed by atoms with Gasteiger partial charge in [-0.2, -0.15) is 0 Å². The topological polar surface area (TPSA) is 414 Å². The number of carbonyl (C=O) groups excluding carboxylic acids is 1. The highest BCUT2D eigenvalue weighted by Gasteiger charge is 2.54. The smallest absolute Gasteiger partial charge is 0.311 e. The van der Waals surface area contributed by atoms with Crippen LogP contribution in [0.1, 0.15) is 91.9 Å². The summed E-state index contributed by atoms with van der Waals surface area (Å²) in [4.78, 5) is 25.2. The van der Waals surface area contributed by atoms with Crippen LogP contribution in [0.25, 0.3) is 0 Å². The Kier molecular flexibility index (Phi) is 30.3. The van der Waals surface area contributed by atoms with Gasteiger partial charge in [-0.1, -0.05) is 86.8 Å². The predicted octanol–water partition coefficient (Wildman–Crippen LogP) is -1.54. The fourth-order valence-electron chi connectivity index (χ4n) is 8.11. The third-order valence-electron chi connectivity index (χ3n) is 12.3. The van der Waals surface area contributed by atoms with Crippen LogP contribution in [0.2, 0.25) is 0 Å². The predicted molar refractivity (Wildman–Crippen MR) is 248 cm³/mol. The van der Waals surface area contributed by atoms with Crippen LogP contribution in [0.5, 0.6) is 0 Å². The van der Waals surface area contributed by atoms with Gasteiger partial charge in [0.05, 0.1) is 73.5 Å². The van der Waals surface area contributed by atoms with E-state index in [2.05, 4.69) is 0 Å². The van der Waals surface area contributed by atoms with Crippen molar-refractivity contribution in [3.8, 4) is 0 Å². The van der Waals surface area contributed by atoms with E-state index in [1.165, 1.54) is 6.92 Å². The monoisotopic (exact) mass is 980 g/mol. The molecule has 3 heterocycles. The number of cyclic esters (lactones) is 1. The van der Waals surface area contributed by atoms with Crippen molar-refractivity contribution in [3.63, 3.8) is 0 Å². The van der Waals surface area contributed by atoms with Gasteiger partial charge in [0, 0.05) is 24.7 Å². The van der Waals surface area contributed by atoms with E-state index in [-0.39, 0.29) is 54.5 Å². The molecule has 0 amide bonds. The number of carboxylic acid groups (broad SMARTS) is 1. The lowest BCUT2D eigenvalue weighted by molar-refractivity contribution is -0.339. The largest absolute Gasteiger partial charge is 0.481 e. The van der Waals surface area contributed by atoms with E-state index in [4.69, 9.17) is 24.7 Å². The Morgan fingerprint density at radius 3 is 1.87 bits per heavy atom. The fourth-order valence-corrected chi connectivity index (χ4v) is 8.11. The van der Waals surface area contributed by atoms with Crippen LogP contribution in [0.4, 0.5) is 0 Å². The van der Waals surface area contributed by atoms with E-state index in [0.717, 1.165) is 12.8 Å². The second-order valence-electron chi connectivity index (χ2n) is 17.8. The molecule has 394 valence electrons. The van der Waals surface area contributed by atoms with Crippen molar-refractivity contribution >= 4 is 11.9 Å². The molecule has 2 saturated heterocycles. The van der Waals surface area contributed by atoms with Crippen molar-refractivity contribution in [1.82, 2.24) is 0 Å². The lowest BCUT2D eigenvalue weighted by Crippen LogP contribution is -2.63. The minimum absolute atomic E-state index is 0. The lowest BCUT2D eigenvalue weighted by atomic mass is 9.82. The van der Waals surface area contributed by atoms with Crippen LogP contribution in [0, 0.1) is 17.8 Å². The Hall–Kier alpha value is -3.30. The average molecular weight is 980 g/mol. The zero-order valence-electron chi connectivity index (χ0n) is 39.3. The first-order valence-electron chi connectivity index (χ1n) is 22.6. The molecule has 0 saturated carbocycles. The standard InChI is InChI=1S/C47H75NO17.3H2O/c1-27-18-16-14-12-10-8-6-5-7-9-11-13-15-17-19-37(64-46-43(58)40(48)42(57)30(4)63-46)44-39(45(59)60)36(54)26-47(61,65-44)25-35(53)34(52)21-20-31(49)22-32(50)23-33(51)24-38(55)62-29(3)28(2)41(27)56;;;/h5-7,9,11-18,27-37,39-44,46,49-54,56-58,61H,8,10,19-26,48H2,1-4H3,(H,59,60);3*1H2/b6-5+,9-7+,13-11+,14-12+,17-15+,18-16+;;;/t27-,28-,29-,30+,31?,32?,33?,34?,35?,36?,37?,39?,40-,41+,42+,43-,44?,46+,47+;;;/m0.../s1. The number of hydrogen-bond donors (Lipinski definition) is 12. The number of ether oxygens (including phenoxy) is 4. The second-order valence-corrected chi connectivity index (χ2v) is 17.8. The maximum Gasteiger partial charge on any atom is 0.311 e. The van der Waals surface area contributed by atoms with Crippen molar-refractivity contribution in [1.29, 1.82) is 0 Å². The first-order chi connectivity index (χ1) is 30.6. The van der Waals surface area contributed by atoms with Crippen molar-refractivity contribution in [2.24, 2.45) is 23.5 Å². The highest BCUT2D eigenvalue weighted by Crippen LogP contribution is 2.39. The van der Waals surface area contributed by atoms with Crippen LogP contribution in [-0.4, -0.2) is 182 Å². The van der Waals surface area contributed by atoms with Crippen LogP contribution < -0.4 is 5.73 Å². The van der Waals surface area contributed by atoms with Crippen LogP contribution in [0.15, 0.2) is 72.9 Å². The molecular weight excluding hydrogens is 899 g/mol. The van der Waals surface area contributed by atoms with Crippen LogP contribution in [-0.2, 0) is 28.5 Å². The molecule has 19 atom stereocenters. The van der Waals surface area contributed by atoms with E-state index in [9.17, 15) is 65.8 Å². The summed E-state index contributed by atoms with van der Waals surface area (Å²) in [5.41, 5.74) is 6.03. The quantitative estimate of drug-likeness (QED) is 0.143. The first kappa shape index (κ1) is 64.7. The van der Waals surface area contributed by atoms with Gasteiger partial charge < -0.3 is 97.3 Å². The number of hydrogen-bond acceptors (Lipinski definition) is 17. The van der Waals surface area contributed by atoms with E-state index < -0.39 is 141 Å². The van der Waals surface area contributed by atoms with E-state index in [1.54, 1.807) is 44.2 Å². The minimum atomic E-state index is -2.42. The molecule has 68 heavy (non-hydrogen) atoms. The minimum Gasteiger partial charge on any atom is -0.481 e. The van der Waals surface area contributed by atoms with Gasteiger partial charge in [0.1, 0.15) is 24.2 Å². The molecule has 3 aliphatic rings. The first-order valence-corrected chi connectivity index (χ1v) is 22.6. The highest BCUT2D eigenvalue weighted by molar-refractivity contribution is 5.72. The molecule has 0 spiro atoms. The number of carboxylic acids is 1. The molecule has 0 aliphatic carbocycles. The Labute approximate surface area is 398 Å². The van der Waals surface area contributed by atoms with Crippen molar-refractivity contribution < 1.29 is 101 Å². The number of aliphatic hydroxyl groups is 10. The second kappa shape index (κ2) is 31.8. The Morgan fingerprint density at radius 2 is 1.25 bits per heavy atom. The summed E-state index contributed by atoms with van der Waals surface area (Å²) >= 11 is 0. The number of nitrogens with two attached hydrogens (primary N) is 1. The number of fused-ring (bicyclic) bond motifs is 2. The summed E-state index contributed by atoms with van der Waals surface area (Å²) in [6, 6.07) is -1.20. The van der Waals surface area contributed by atoms with Gasteiger partial charge >= 0.3 is 11.9 Å². The van der Waals surface area contributed by atoms with Gasteiger partial charge in [-0.15, -0.1) is 0 Å². The average Bonchev–Trinajstić information content (AvgIpc) is 3.22. The van der Waals surface area contributed by atoms with E-state index >= 15 is 0 Å². The Balaban J connectivity index is 0.0000150. The van der Waals surface area contributed by atoms with Gasteiger partial charge in [0.25, 0.3) is 0 Å². The van der Waals surface area contributed by atoms with Gasteiger partial charge in [0.2, 0.25) is 0 Å². The molecule has 3 rings (SSSR count). The number of rotatable bonds is 3. The van der Waals surface area contributed by atoms with Crippen LogP contribution in [0.3, 0.4) is 0 Å². The highest BCUT2D eigenvalue weighted by atomic mass is 16.7. The number of carbonyl (C=O) groups is 2. The Bertz CT molecular complexity index is 1630. The lowest BCUT2D eigenvalue weighted by Gasteiger charge is -2.47. The SMILES string of the molecule is C[C@@H]1[C@H](O)[C@@H](C)/C=C/C=C/CC/C=C/C=C/C=C/C=C/CC(O[C@H]2O[C@H](C)[C@@H](O)[C@H](N)[C@@H]2O)C2O[C@](O)(CC(O)C(O)CCC(O)CC(O)CC(O)CC(=O)O[C@H]1C)CC(O)C2C(=O)O.O.O.O. The summed E-state index contributed by atoms with van der Waals surface area (Å²) in [7, 11) is 0. The molecule has 2 bridgehead atoms. The molecule has 9 unspecified atom stereocenters. The van der Waals surface area contributed by atoms with Gasteiger partial charge in [-0.25, -0.2) is 0 Å². The molecule has 0 aromatic rings. The molecule has 3 aliphatic heterocycles. The van der Waals surface area contributed by atoms with Crippen molar-refractivity contribution in [2.75, 3.05) is 0 Å². The molecule has 19 N–H and O–H groups in total. The third-order valence-corrected chi connectivity index (χ3v) is 12.3. The maximum atomic E-state index is 12.6. The van der Waals surface area contributed by atoms with Gasteiger partial charge in [-0.3, -0.25) is 9.59 Å². The summed E-state index contributed by atoms with van der Waals surface area (Å²) in [6.07, 6.45) is 1.78. The maximum absolute atomic E-state index is 12.6. The number of allylic oxidation sites excluding steroid dienone is 10. The third kappa shape index (κ3) is 21.0. The molecule has 2 fully saturated rings. The summed E-state index contributed by atoms with van der Waals surface area (Å²) < 4.78 is 23.3. The molecule has 0 aromatic carbocycles. The number of aliphatic carboxylic acids is 1. The molecule has 0 aromatic heterocycles. The number of aliphatic hydroxyl groups excluding tert-OH is 9. The zero-order chi connectivity index (χ0) is 48.4. The molecule has 21 heteroatoms. The Morgan fingerprint density at radius 1 is 0.691 bits per heavy atom. The van der Waals surface area contributed by atoms with Gasteiger partial charge in [-0.05, 0) is 58.8 Å². The zero-order valence-corrected chi connectivity index (χ0v) is 39.3.